The number of aromatic amines is 1. The van der Waals surface area contributed by atoms with E-state index in [1.54, 1.807) is 18.2 Å². The Kier molecular flexibility index (Phi) is 4.47. The van der Waals surface area contributed by atoms with Gasteiger partial charge >= 0.3 is 5.97 Å². The fourth-order valence-electron chi connectivity index (χ4n) is 2.53. The number of nitrogens with zero attached hydrogens (tertiary/aromatic N) is 3. The first-order chi connectivity index (χ1) is 12.0. The largest absolute Gasteiger partial charge is 0.465 e. The van der Waals surface area contributed by atoms with Gasteiger partial charge in [0, 0.05) is 31.9 Å². The summed E-state index contributed by atoms with van der Waals surface area (Å²) >= 11 is 0. The summed E-state index contributed by atoms with van der Waals surface area (Å²) in [5.74, 6) is 0.0568. The van der Waals surface area contributed by atoms with E-state index in [9.17, 15) is 9.59 Å². The molecule has 7 nitrogen and oxygen atoms in total. The second-order valence-electron chi connectivity index (χ2n) is 5.86. The number of carbonyl (C=O) groups is 1. The lowest BCUT2D eigenvalue weighted by Crippen LogP contribution is -2.35. The summed E-state index contributed by atoms with van der Waals surface area (Å²) in [4.78, 5) is 33.2. The molecule has 2 aromatic heterocycles. The topological polar surface area (TPSA) is 79.2 Å². The molecule has 0 unspecified atom stereocenters. The van der Waals surface area contributed by atoms with E-state index in [0.717, 1.165) is 5.69 Å². The number of ether oxygens (including phenoxy) is 1. The molecule has 3 aromatic rings. The highest BCUT2D eigenvalue weighted by molar-refractivity contribution is 5.93. The van der Waals surface area contributed by atoms with Gasteiger partial charge < -0.3 is 14.6 Å². The first kappa shape index (κ1) is 16.6. The second-order valence-corrected chi connectivity index (χ2v) is 5.86. The zero-order chi connectivity index (χ0) is 18.0. The van der Waals surface area contributed by atoms with Crippen LogP contribution in [0, 0.1) is 0 Å². The molecule has 0 saturated carbocycles. The average Bonchev–Trinajstić information content (AvgIpc) is 2.61. The van der Waals surface area contributed by atoms with Crippen molar-refractivity contribution in [3.63, 3.8) is 0 Å². The molecule has 2 heterocycles. The van der Waals surface area contributed by atoms with Gasteiger partial charge in [0.25, 0.3) is 5.56 Å². The van der Waals surface area contributed by atoms with Crippen LogP contribution in [0.1, 0.15) is 16.2 Å². The van der Waals surface area contributed by atoms with E-state index in [0.29, 0.717) is 28.8 Å². The fourth-order valence-corrected chi connectivity index (χ4v) is 2.53. The van der Waals surface area contributed by atoms with E-state index < -0.39 is 5.97 Å². The van der Waals surface area contributed by atoms with Crippen molar-refractivity contribution >= 4 is 22.6 Å². The van der Waals surface area contributed by atoms with Crippen LogP contribution in [0.2, 0.25) is 0 Å². The molecular formula is C18H19N4O3+. The fraction of sp³-hybridized carbons (Fsp3) is 0.222. The SMILES string of the molecule is COC(=O)c1ccc2c(=O)[nH]c(C[n+]3ccc(N(C)C)cc3)nc2c1. The number of benzene rings is 1. The molecule has 0 atom stereocenters. The number of esters is 1. The zero-order valence-electron chi connectivity index (χ0n) is 14.3. The van der Waals surface area contributed by atoms with Crippen molar-refractivity contribution in [3.8, 4) is 0 Å². The third kappa shape index (κ3) is 3.50. The smallest absolute Gasteiger partial charge is 0.337 e. The number of rotatable bonds is 4. The molecule has 0 bridgehead atoms. The van der Waals surface area contributed by atoms with Crippen molar-refractivity contribution in [1.82, 2.24) is 9.97 Å². The van der Waals surface area contributed by atoms with Crippen LogP contribution in [0.4, 0.5) is 5.69 Å². The lowest BCUT2D eigenvalue weighted by atomic mass is 10.1. The number of anilines is 1. The van der Waals surface area contributed by atoms with Crippen LogP contribution in [-0.4, -0.2) is 37.1 Å². The van der Waals surface area contributed by atoms with Crippen LogP contribution in [0.25, 0.3) is 10.9 Å². The van der Waals surface area contributed by atoms with Crippen LogP contribution in [-0.2, 0) is 11.3 Å². The summed E-state index contributed by atoms with van der Waals surface area (Å²) in [5.41, 5.74) is 1.68. The highest BCUT2D eigenvalue weighted by Crippen LogP contribution is 2.12. The van der Waals surface area contributed by atoms with Crippen molar-refractivity contribution in [2.75, 3.05) is 26.1 Å². The highest BCUT2D eigenvalue weighted by Gasteiger charge is 2.12. The molecule has 0 aliphatic carbocycles. The van der Waals surface area contributed by atoms with Gasteiger partial charge in [-0.15, -0.1) is 0 Å². The number of methoxy groups -OCH3 is 1. The van der Waals surface area contributed by atoms with Crippen molar-refractivity contribution in [3.05, 3.63) is 64.5 Å². The van der Waals surface area contributed by atoms with Gasteiger partial charge in [-0.1, -0.05) is 0 Å². The number of fused-ring (bicyclic) bond motifs is 1. The molecule has 128 valence electrons. The van der Waals surface area contributed by atoms with Gasteiger partial charge in [0.15, 0.2) is 18.2 Å². The van der Waals surface area contributed by atoms with E-state index in [1.165, 1.54) is 7.11 Å². The van der Waals surface area contributed by atoms with Crippen LogP contribution < -0.4 is 15.0 Å². The van der Waals surface area contributed by atoms with Crippen molar-refractivity contribution in [2.45, 2.75) is 6.54 Å². The number of hydrogen-bond donors (Lipinski definition) is 1. The Morgan fingerprint density at radius 1 is 1.24 bits per heavy atom. The molecule has 1 aromatic carbocycles. The van der Waals surface area contributed by atoms with Gasteiger partial charge in [-0.3, -0.25) is 4.79 Å². The summed E-state index contributed by atoms with van der Waals surface area (Å²) in [6.07, 6.45) is 3.84. The molecule has 0 aliphatic rings. The summed E-state index contributed by atoms with van der Waals surface area (Å²) in [7, 11) is 5.26. The Morgan fingerprint density at radius 3 is 2.60 bits per heavy atom. The van der Waals surface area contributed by atoms with E-state index in [4.69, 9.17) is 4.74 Å². The monoisotopic (exact) mass is 339 g/mol. The van der Waals surface area contributed by atoms with Gasteiger partial charge in [0.2, 0.25) is 6.54 Å². The number of aromatic nitrogens is 3. The van der Waals surface area contributed by atoms with E-state index in [2.05, 4.69) is 9.97 Å². The zero-order valence-corrected chi connectivity index (χ0v) is 14.3. The highest BCUT2D eigenvalue weighted by atomic mass is 16.5. The number of hydrogen-bond acceptors (Lipinski definition) is 5. The van der Waals surface area contributed by atoms with Crippen molar-refractivity contribution < 1.29 is 14.1 Å². The summed E-state index contributed by atoms with van der Waals surface area (Å²) in [5, 5.41) is 0.435. The van der Waals surface area contributed by atoms with Crippen LogP contribution in [0.15, 0.2) is 47.5 Å². The summed E-state index contributed by atoms with van der Waals surface area (Å²) < 4.78 is 6.63. The molecule has 0 amide bonds. The van der Waals surface area contributed by atoms with Gasteiger partial charge in [0.1, 0.15) is 0 Å². The Morgan fingerprint density at radius 2 is 1.96 bits per heavy atom. The third-order valence-electron chi connectivity index (χ3n) is 3.90. The maximum atomic E-state index is 12.3. The molecule has 0 radical (unpaired) electrons. The van der Waals surface area contributed by atoms with E-state index in [1.807, 2.05) is 48.1 Å². The maximum Gasteiger partial charge on any atom is 0.337 e. The molecule has 25 heavy (non-hydrogen) atoms. The standard InChI is InChI=1S/C18H18N4O3/c1-21(2)13-6-8-22(9-7-13)11-16-19-15-10-12(18(24)25-3)4-5-14(15)17(23)20-16/h4-10H,11H2,1-3H3/p+1. The minimum absolute atomic E-state index is 0.234. The van der Waals surface area contributed by atoms with Crippen molar-refractivity contribution in [1.29, 1.82) is 0 Å². The first-order valence-corrected chi connectivity index (χ1v) is 7.75. The summed E-state index contributed by atoms with van der Waals surface area (Å²) in [6.45, 7) is 0.418. The van der Waals surface area contributed by atoms with E-state index >= 15 is 0 Å². The Balaban J connectivity index is 1.96. The van der Waals surface area contributed by atoms with Crippen molar-refractivity contribution in [2.24, 2.45) is 0 Å². The quantitative estimate of drug-likeness (QED) is 0.569. The molecule has 0 saturated heterocycles. The van der Waals surface area contributed by atoms with Crippen LogP contribution >= 0.6 is 0 Å². The number of carbonyl (C=O) groups excluding carboxylic acids is 1. The Hall–Kier alpha value is -3.22. The molecule has 3 rings (SSSR count). The lowest BCUT2D eigenvalue weighted by molar-refractivity contribution is -0.689. The predicted molar refractivity (Wildman–Crippen MR) is 93.8 cm³/mol. The molecular weight excluding hydrogens is 320 g/mol. The maximum absolute atomic E-state index is 12.3. The van der Waals surface area contributed by atoms with Gasteiger partial charge in [0.05, 0.1) is 23.6 Å². The predicted octanol–water partition coefficient (Wildman–Crippen LogP) is 1.11. The normalized spacial score (nSPS) is 10.7. The minimum Gasteiger partial charge on any atom is -0.465 e. The number of H-pyrrole nitrogens is 1. The minimum atomic E-state index is -0.459. The molecule has 0 spiro atoms. The second kappa shape index (κ2) is 6.72. The van der Waals surface area contributed by atoms with Crippen LogP contribution in [0.3, 0.4) is 0 Å². The van der Waals surface area contributed by atoms with Gasteiger partial charge in [-0.2, -0.15) is 4.57 Å². The Bertz CT molecular complexity index is 978. The Labute approximate surface area is 144 Å². The van der Waals surface area contributed by atoms with Crippen LogP contribution in [0.5, 0.6) is 0 Å². The van der Waals surface area contributed by atoms with Gasteiger partial charge in [-0.25, -0.2) is 9.78 Å². The molecule has 1 N–H and O–H groups in total. The molecule has 7 heteroatoms. The molecule has 0 aliphatic heterocycles. The first-order valence-electron chi connectivity index (χ1n) is 7.75. The van der Waals surface area contributed by atoms with Gasteiger partial charge in [-0.05, 0) is 18.2 Å². The summed E-state index contributed by atoms with van der Waals surface area (Å²) in [6, 6.07) is 8.67. The number of pyridine rings is 1. The molecule has 0 fully saturated rings. The third-order valence-corrected chi connectivity index (χ3v) is 3.90. The van der Waals surface area contributed by atoms with E-state index in [-0.39, 0.29) is 5.56 Å². The average molecular weight is 339 g/mol. The number of nitrogens with one attached hydrogen (secondary N) is 1. The lowest BCUT2D eigenvalue weighted by Gasteiger charge is -2.10.